The Hall–Kier alpha value is -1.80. The molecule has 0 atom stereocenters. The summed E-state index contributed by atoms with van der Waals surface area (Å²) in [4.78, 5) is 10.2. The fraction of sp³-hybridized carbons (Fsp3) is 0.417. The van der Waals surface area contributed by atoms with E-state index >= 15 is 0 Å². The second-order valence-corrected chi connectivity index (χ2v) is 5.39. The number of aliphatic carboxylic acids is 1. The van der Waals surface area contributed by atoms with Gasteiger partial charge in [0, 0.05) is 12.0 Å². The molecule has 1 aromatic carbocycles. The van der Waals surface area contributed by atoms with Crippen LogP contribution in [0.5, 0.6) is 11.5 Å². The number of ether oxygens (including phenoxy) is 2. The number of carboxylic acid groups (broad SMARTS) is 1. The minimum atomic E-state index is -4.42. The van der Waals surface area contributed by atoms with E-state index in [1.165, 1.54) is 26.4 Å². The van der Waals surface area contributed by atoms with Gasteiger partial charge in [0.1, 0.15) is 4.90 Å². The van der Waals surface area contributed by atoms with E-state index in [-0.39, 0.29) is 35.5 Å². The quantitative estimate of drug-likeness (QED) is 0.732. The zero-order valence-electron chi connectivity index (χ0n) is 11.1. The van der Waals surface area contributed by atoms with Crippen LogP contribution in [0.4, 0.5) is 0 Å². The molecule has 2 N–H and O–H groups in total. The number of methoxy groups -OCH3 is 2. The van der Waals surface area contributed by atoms with Gasteiger partial charge in [0.2, 0.25) is 0 Å². The first-order valence-electron chi connectivity index (χ1n) is 5.74. The molecule has 1 aromatic rings. The van der Waals surface area contributed by atoms with Crippen molar-refractivity contribution in [2.45, 2.75) is 24.2 Å². The number of carbonyl (C=O) groups is 1. The molecule has 1 rings (SSSR count). The molecular weight excluding hydrogens is 288 g/mol. The maximum absolute atomic E-state index is 11.4. The third-order valence-corrected chi connectivity index (χ3v) is 3.64. The second kappa shape index (κ2) is 6.58. The average molecular weight is 304 g/mol. The first-order valence-corrected chi connectivity index (χ1v) is 7.18. The van der Waals surface area contributed by atoms with E-state index in [1.54, 1.807) is 0 Å². The number of hydrogen-bond donors (Lipinski definition) is 2. The number of benzene rings is 1. The third kappa shape index (κ3) is 3.84. The fourth-order valence-corrected chi connectivity index (χ4v) is 2.61. The number of rotatable bonds is 7. The molecule has 20 heavy (non-hydrogen) atoms. The van der Waals surface area contributed by atoms with Crippen LogP contribution in [-0.4, -0.2) is 38.3 Å². The Bertz CT molecular complexity index is 592. The molecule has 0 heterocycles. The molecule has 0 aliphatic carbocycles. The van der Waals surface area contributed by atoms with Crippen LogP contribution in [-0.2, 0) is 21.3 Å². The van der Waals surface area contributed by atoms with Gasteiger partial charge < -0.3 is 14.6 Å². The van der Waals surface area contributed by atoms with Gasteiger partial charge in [-0.3, -0.25) is 9.35 Å². The van der Waals surface area contributed by atoms with Gasteiger partial charge in [-0.15, -0.1) is 0 Å². The molecule has 0 radical (unpaired) electrons. The summed E-state index contributed by atoms with van der Waals surface area (Å²) in [6.45, 7) is 0. The van der Waals surface area contributed by atoms with Crippen molar-refractivity contribution in [2.75, 3.05) is 14.2 Å². The Morgan fingerprint density at radius 3 is 2.35 bits per heavy atom. The highest BCUT2D eigenvalue weighted by Gasteiger charge is 2.22. The van der Waals surface area contributed by atoms with Crippen LogP contribution in [0.3, 0.4) is 0 Å². The summed E-state index contributed by atoms with van der Waals surface area (Å²) in [6.07, 6.45) is 0.217. The summed E-state index contributed by atoms with van der Waals surface area (Å²) in [7, 11) is -1.69. The largest absolute Gasteiger partial charge is 0.493 e. The monoisotopic (exact) mass is 304 g/mol. The van der Waals surface area contributed by atoms with Gasteiger partial charge in [-0.25, -0.2) is 0 Å². The molecule has 0 fully saturated rings. The summed E-state index contributed by atoms with van der Waals surface area (Å²) in [5, 5.41) is 8.62. The lowest BCUT2D eigenvalue weighted by molar-refractivity contribution is -0.137. The molecule has 0 aromatic heterocycles. The van der Waals surface area contributed by atoms with E-state index in [9.17, 15) is 17.8 Å². The summed E-state index contributed by atoms with van der Waals surface area (Å²) in [5.41, 5.74) is 0.204. The normalized spacial score (nSPS) is 11.2. The summed E-state index contributed by atoms with van der Waals surface area (Å²) in [5.74, 6) is -0.501. The average Bonchev–Trinajstić information content (AvgIpc) is 2.36. The molecule has 7 nitrogen and oxygen atoms in total. The number of carboxylic acids is 1. The maximum Gasteiger partial charge on any atom is 0.303 e. The number of hydrogen-bond acceptors (Lipinski definition) is 5. The first-order chi connectivity index (χ1) is 9.31. The van der Waals surface area contributed by atoms with Gasteiger partial charge in [-0.05, 0) is 25.0 Å². The fourth-order valence-electron chi connectivity index (χ4n) is 1.87. The first kappa shape index (κ1) is 16.3. The molecule has 0 saturated heterocycles. The lowest BCUT2D eigenvalue weighted by Gasteiger charge is -2.15. The van der Waals surface area contributed by atoms with E-state index in [0.717, 1.165) is 0 Å². The molecule has 0 spiro atoms. The third-order valence-electron chi connectivity index (χ3n) is 2.70. The van der Waals surface area contributed by atoms with Crippen molar-refractivity contribution in [3.63, 3.8) is 0 Å². The highest BCUT2D eigenvalue weighted by atomic mass is 32.2. The van der Waals surface area contributed by atoms with E-state index < -0.39 is 16.1 Å². The summed E-state index contributed by atoms with van der Waals surface area (Å²) in [6, 6.07) is 2.56. The van der Waals surface area contributed by atoms with Crippen molar-refractivity contribution < 1.29 is 32.3 Å². The molecule has 112 valence electrons. The highest BCUT2D eigenvalue weighted by Crippen LogP contribution is 2.36. The zero-order valence-corrected chi connectivity index (χ0v) is 11.9. The van der Waals surface area contributed by atoms with Crippen molar-refractivity contribution in [1.29, 1.82) is 0 Å². The molecule has 0 saturated carbocycles. The summed E-state index contributed by atoms with van der Waals surface area (Å²) >= 11 is 0. The van der Waals surface area contributed by atoms with Crippen LogP contribution in [0, 0.1) is 0 Å². The Kier molecular flexibility index (Phi) is 5.34. The Morgan fingerprint density at radius 2 is 1.90 bits per heavy atom. The van der Waals surface area contributed by atoms with Crippen molar-refractivity contribution in [3.8, 4) is 11.5 Å². The van der Waals surface area contributed by atoms with Gasteiger partial charge in [0.15, 0.2) is 11.5 Å². The smallest absolute Gasteiger partial charge is 0.303 e. The molecule has 0 unspecified atom stereocenters. The van der Waals surface area contributed by atoms with Gasteiger partial charge in [-0.1, -0.05) is 0 Å². The van der Waals surface area contributed by atoms with Crippen LogP contribution >= 0.6 is 0 Å². The van der Waals surface area contributed by atoms with E-state index in [2.05, 4.69) is 0 Å². The van der Waals surface area contributed by atoms with E-state index in [4.69, 9.17) is 14.6 Å². The van der Waals surface area contributed by atoms with E-state index in [0.29, 0.717) is 5.75 Å². The van der Waals surface area contributed by atoms with Gasteiger partial charge >= 0.3 is 5.97 Å². The molecular formula is C12H16O7S. The molecule has 8 heteroatoms. The lowest BCUT2D eigenvalue weighted by atomic mass is 10.1. The Balaban J connectivity index is 3.29. The summed E-state index contributed by atoms with van der Waals surface area (Å²) < 4.78 is 42.1. The zero-order chi connectivity index (χ0) is 15.3. The van der Waals surface area contributed by atoms with Gasteiger partial charge in [-0.2, -0.15) is 8.42 Å². The standard InChI is InChI=1S/C12H16O7S/c1-18-9-6-7-10(20(15,16)17)8(12(9)19-2)4-3-5-11(13)14/h6-7H,3-5H2,1-2H3,(H,13,14)(H,15,16,17). The Morgan fingerprint density at radius 1 is 1.25 bits per heavy atom. The topological polar surface area (TPSA) is 110 Å². The second-order valence-electron chi connectivity index (χ2n) is 4.00. The van der Waals surface area contributed by atoms with Crippen LogP contribution in [0.1, 0.15) is 18.4 Å². The molecule has 0 bridgehead atoms. The maximum atomic E-state index is 11.4. The van der Waals surface area contributed by atoms with Crippen molar-refractivity contribution in [2.24, 2.45) is 0 Å². The lowest BCUT2D eigenvalue weighted by Crippen LogP contribution is -2.07. The minimum absolute atomic E-state index is 0.120. The van der Waals surface area contributed by atoms with E-state index in [1.807, 2.05) is 0 Å². The molecule has 0 aliphatic rings. The highest BCUT2D eigenvalue weighted by molar-refractivity contribution is 7.85. The van der Waals surface area contributed by atoms with Gasteiger partial charge in [0.05, 0.1) is 14.2 Å². The predicted octanol–water partition coefficient (Wildman–Crippen LogP) is 1.36. The van der Waals surface area contributed by atoms with Crippen LogP contribution < -0.4 is 9.47 Å². The molecule has 0 amide bonds. The van der Waals surface area contributed by atoms with Crippen molar-refractivity contribution >= 4 is 16.1 Å². The van der Waals surface area contributed by atoms with Crippen LogP contribution in [0.2, 0.25) is 0 Å². The van der Waals surface area contributed by atoms with Crippen LogP contribution in [0.15, 0.2) is 17.0 Å². The minimum Gasteiger partial charge on any atom is -0.493 e. The Labute approximate surface area is 116 Å². The SMILES string of the molecule is COc1ccc(S(=O)(=O)O)c(CCCC(=O)O)c1OC. The molecule has 0 aliphatic heterocycles. The van der Waals surface area contributed by atoms with Crippen molar-refractivity contribution in [1.82, 2.24) is 0 Å². The van der Waals surface area contributed by atoms with Crippen molar-refractivity contribution in [3.05, 3.63) is 17.7 Å². The van der Waals surface area contributed by atoms with Gasteiger partial charge in [0.25, 0.3) is 10.1 Å². The van der Waals surface area contributed by atoms with Crippen LogP contribution in [0.25, 0.3) is 0 Å². The predicted molar refractivity (Wildman–Crippen MR) is 69.9 cm³/mol.